The Bertz CT molecular complexity index is 781. The number of thiocarbonyl (C=S) groups is 1. The fraction of sp³-hybridized carbons (Fsp3) is 0.250. The number of rotatable bonds is 7. The largest absolute Gasteiger partial charge is 0.493 e. The predicted octanol–water partition coefficient (Wildman–Crippen LogP) is 3.20. The number of para-hydroxylation sites is 1. The maximum Gasteiger partial charge on any atom is 0.269 e. The highest BCUT2D eigenvalue weighted by Crippen LogP contribution is 2.18. The first-order valence-corrected chi connectivity index (χ1v) is 9.21. The molecule has 0 fully saturated rings. The Labute approximate surface area is 164 Å². The number of unbranched alkanes of at least 4 members (excludes halogenated alkanes) is 2. The predicted molar refractivity (Wildman–Crippen MR) is 109 cm³/mol. The van der Waals surface area contributed by atoms with Gasteiger partial charge in [0.15, 0.2) is 5.11 Å². The van der Waals surface area contributed by atoms with E-state index in [1.165, 1.54) is 0 Å². The summed E-state index contributed by atoms with van der Waals surface area (Å²) in [5.41, 5.74) is 5.82. The van der Waals surface area contributed by atoms with Gasteiger partial charge in [-0.3, -0.25) is 25.8 Å². The molecule has 0 bridgehead atoms. The number of hydrazine groups is 1. The van der Waals surface area contributed by atoms with E-state index < -0.39 is 5.91 Å². The first-order valence-electron chi connectivity index (χ1n) is 8.80. The van der Waals surface area contributed by atoms with Gasteiger partial charge in [-0.2, -0.15) is 0 Å². The van der Waals surface area contributed by atoms with Crippen molar-refractivity contribution in [3.05, 3.63) is 65.7 Å². The van der Waals surface area contributed by atoms with Crippen LogP contribution in [0.4, 0.5) is 0 Å². The molecular formula is C20H23N3O3S. The molecule has 0 saturated heterocycles. The molecule has 2 rings (SSSR count). The Morgan fingerprint density at radius 3 is 2.37 bits per heavy atom. The topological polar surface area (TPSA) is 79.5 Å². The zero-order valence-corrected chi connectivity index (χ0v) is 16.0. The van der Waals surface area contributed by atoms with Crippen molar-refractivity contribution in [2.45, 2.75) is 26.2 Å². The second kappa shape index (κ2) is 10.9. The van der Waals surface area contributed by atoms with Gasteiger partial charge in [-0.15, -0.1) is 0 Å². The van der Waals surface area contributed by atoms with E-state index in [0.717, 1.165) is 19.3 Å². The molecule has 142 valence electrons. The van der Waals surface area contributed by atoms with E-state index in [4.69, 9.17) is 17.0 Å². The molecule has 0 aromatic heterocycles. The maximum atomic E-state index is 12.4. The van der Waals surface area contributed by atoms with Gasteiger partial charge in [0.1, 0.15) is 5.75 Å². The summed E-state index contributed by atoms with van der Waals surface area (Å²) in [7, 11) is 0. The zero-order chi connectivity index (χ0) is 19.5. The average Bonchev–Trinajstić information content (AvgIpc) is 2.70. The molecule has 2 amide bonds. The quantitative estimate of drug-likeness (QED) is 0.387. The summed E-state index contributed by atoms with van der Waals surface area (Å²) < 4.78 is 5.70. The van der Waals surface area contributed by atoms with Crippen molar-refractivity contribution in [2.75, 3.05) is 6.61 Å². The van der Waals surface area contributed by atoms with Crippen LogP contribution in [0.2, 0.25) is 0 Å². The van der Waals surface area contributed by atoms with Crippen LogP contribution in [0.15, 0.2) is 54.6 Å². The second-order valence-corrected chi connectivity index (χ2v) is 6.19. The van der Waals surface area contributed by atoms with Gasteiger partial charge in [-0.25, -0.2) is 0 Å². The van der Waals surface area contributed by atoms with Gasteiger partial charge >= 0.3 is 0 Å². The summed E-state index contributed by atoms with van der Waals surface area (Å²) in [4.78, 5) is 24.4. The van der Waals surface area contributed by atoms with Gasteiger partial charge in [0, 0.05) is 5.56 Å². The van der Waals surface area contributed by atoms with E-state index in [-0.39, 0.29) is 11.0 Å². The summed E-state index contributed by atoms with van der Waals surface area (Å²) in [6, 6.07) is 15.6. The SMILES string of the molecule is CCCCCOc1ccccc1C(=O)NC(=S)NNC(=O)c1ccccc1. The van der Waals surface area contributed by atoms with Crippen LogP contribution in [0, 0.1) is 0 Å². The third-order valence-electron chi connectivity index (χ3n) is 3.69. The van der Waals surface area contributed by atoms with Crippen molar-refractivity contribution in [2.24, 2.45) is 0 Å². The standard InChI is InChI=1S/C20H23N3O3S/c1-2-3-9-14-26-17-13-8-7-12-16(17)19(25)21-20(27)23-22-18(24)15-10-5-4-6-11-15/h4-8,10-13H,2-3,9,14H2,1H3,(H,22,24)(H2,21,23,25,27). The Kier molecular flexibility index (Phi) is 8.25. The zero-order valence-electron chi connectivity index (χ0n) is 15.2. The third-order valence-corrected chi connectivity index (χ3v) is 3.89. The lowest BCUT2D eigenvalue weighted by Crippen LogP contribution is -2.48. The van der Waals surface area contributed by atoms with Gasteiger partial charge in [0.05, 0.1) is 12.2 Å². The molecule has 2 aromatic rings. The van der Waals surface area contributed by atoms with Crippen LogP contribution in [-0.4, -0.2) is 23.5 Å². The van der Waals surface area contributed by atoms with Crippen molar-refractivity contribution in [3.8, 4) is 5.75 Å². The fourth-order valence-electron chi connectivity index (χ4n) is 2.29. The molecule has 0 saturated carbocycles. The van der Waals surface area contributed by atoms with Crippen LogP contribution < -0.4 is 20.9 Å². The number of carbonyl (C=O) groups excluding carboxylic acids is 2. The number of carbonyl (C=O) groups is 2. The number of benzene rings is 2. The molecule has 0 aliphatic heterocycles. The highest BCUT2D eigenvalue weighted by atomic mass is 32.1. The summed E-state index contributed by atoms with van der Waals surface area (Å²) in [6.07, 6.45) is 3.10. The Hall–Kier alpha value is -2.93. The van der Waals surface area contributed by atoms with Crippen LogP contribution in [-0.2, 0) is 0 Å². The Morgan fingerprint density at radius 1 is 0.926 bits per heavy atom. The molecule has 0 spiro atoms. The molecule has 0 unspecified atom stereocenters. The summed E-state index contributed by atoms with van der Waals surface area (Å²) in [6.45, 7) is 2.67. The monoisotopic (exact) mass is 385 g/mol. The average molecular weight is 385 g/mol. The lowest BCUT2D eigenvalue weighted by molar-refractivity contribution is 0.0933. The molecular weight excluding hydrogens is 362 g/mol. The highest BCUT2D eigenvalue weighted by Gasteiger charge is 2.14. The Morgan fingerprint density at radius 2 is 1.63 bits per heavy atom. The number of hydrogen-bond acceptors (Lipinski definition) is 4. The molecule has 0 aliphatic carbocycles. The summed E-state index contributed by atoms with van der Waals surface area (Å²) >= 11 is 5.07. The lowest BCUT2D eigenvalue weighted by atomic mass is 10.2. The minimum atomic E-state index is -0.410. The minimum absolute atomic E-state index is 0.00920. The van der Waals surface area contributed by atoms with E-state index >= 15 is 0 Å². The van der Waals surface area contributed by atoms with Crippen LogP contribution in [0.25, 0.3) is 0 Å². The van der Waals surface area contributed by atoms with E-state index in [9.17, 15) is 9.59 Å². The number of nitrogens with one attached hydrogen (secondary N) is 3. The molecule has 0 atom stereocenters. The van der Waals surface area contributed by atoms with E-state index in [2.05, 4.69) is 23.1 Å². The van der Waals surface area contributed by atoms with Gasteiger partial charge in [-0.05, 0) is 42.9 Å². The summed E-state index contributed by atoms with van der Waals surface area (Å²) in [5.74, 6) is -0.262. The molecule has 0 heterocycles. The number of amides is 2. The molecule has 7 heteroatoms. The van der Waals surface area contributed by atoms with Crippen LogP contribution >= 0.6 is 12.2 Å². The molecule has 0 radical (unpaired) electrons. The minimum Gasteiger partial charge on any atom is -0.493 e. The molecule has 27 heavy (non-hydrogen) atoms. The first kappa shape index (κ1) is 20.4. The van der Waals surface area contributed by atoms with Crippen molar-refractivity contribution in [3.63, 3.8) is 0 Å². The van der Waals surface area contributed by atoms with E-state index in [0.29, 0.717) is 23.5 Å². The van der Waals surface area contributed by atoms with Gasteiger partial charge in [0.25, 0.3) is 11.8 Å². The third kappa shape index (κ3) is 6.71. The van der Waals surface area contributed by atoms with Crippen LogP contribution in [0.5, 0.6) is 5.75 Å². The van der Waals surface area contributed by atoms with Crippen molar-refractivity contribution in [1.82, 2.24) is 16.2 Å². The van der Waals surface area contributed by atoms with Crippen molar-refractivity contribution < 1.29 is 14.3 Å². The molecule has 0 aliphatic rings. The van der Waals surface area contributed by atoms with Gasteiger partial charge in [0.2, 0.25) is 0 Å². The smallest absolute Gasteiger partial charge is 0.269 e. The Balaban J connectivity index is 1.87. The van der Waals surface area contributed by atoms with Gasteiger partial charge < -0.3 is 4.74 Å². The molecule has 6 nitrogen and oxygen atoms in total. The fourth-order valence-corrected chi connectivity index (χ4v) is 2.43. The molecule has 3 N–H and O–H groups in total. The van der Waals surface area contributed by atoms with Gasteiger partial charge in [-0.1, -0.05) is 50.1 Å². The van der Waals surface area contributed by atoms with Crippen LogP contribution in [0.1, 0.15) is 46.9 Å². The maximum absolute atomic E-state index is 12.4. The number of hydrogen-bond donors (Lipinski definition) is 3. The van der Waals surface area contributed by atoms with Crippen molar-refractivity contribution in [1.29, 1.82) is 0 Å². The lowest BCUT2D eigenvalue weighted by Gasteiger charge is -2.13. The van der Waals surface area contributed by atoms with E-state index in [1.54, 1.807) is 42.5 Å². The van der Waals surface area contributed by atoms with E-state index in [1.807, 2.05) is 12.1 Å². The van der Waals surface area contributed by atoms with Crippen LogP contribution in [0.3, 0.4) is 0 Å². The van der Waals surface area contributed by atoms with Crippen molar-refractivity contribution >= 4 is 29.1 Å². The normalized spacial score (nSPS) is 9.96. The summed E-state index contributed by atoms with van der Waals surface area (Å²) in [5, 5.41) is 2.52. The highest BCUT2D eigenvalue weighted by molar-refractivity contribution is 7.80. The first-order chi connectivity index (χ1) is 13.1. The molecule has 2 aromatic carbocycles. The number of ether oxygens (including phenoxy) is 1. The second-order valence-electron chi connectivity index (χ2n) is 5.78.